The van der Waals surface area contributed by atoms with E-state index in [9.17, 15) is 10.1 Å². The van der Waals surface area contributed by atoms with Crippen LogP contribution in [0.2, 0.25) is 0 Å². The SMILES string of the molecule is CN=C(C)c1ccccc1[N+](=O)[O-]. The summed E-state index contributed by atoms with van der Waals surface area (Å²) in [5.41, 5.74) is 1.35. The van der Waals surface area contributed by atoms with Crippen molar-refractivity contribution in [1.82, 2.24) is 0 Å². The fourth-order valence-electron chi connectivity index (χ4n) is 1.06. The van der Waals surface area contributed by atoms with Gasteiger partial charge < -0.3 is 0 Å². The summed E-state index contributed by atoms with van der Waals surface area (Å²) >= 11 is 0. The van der Waals surface area contributed by atoms with Crippen LogP contribution in [-0.2, 0) is 0 Å². The van der Waals surface area contributed by atoms with E-state index >= 15 is 0 Å². The standard InChI is InChI=1S/C9H10N2O2/c1-7(10-2)8-5-3-4-6-9(8)11(12)13/h3-6H,1-2H3. The van der Waals surface area contributed by atoms with E-state index in [0.29, 0.717) is 11.3 Å². The first-order chi connectivity index (χ1) is 6.16. The maximum atomic E-state index is 10.6. The smallest absolute Gasteiger partial charge is 0.278 e. The van der Waals surface area contributed by atoms with Gasteiger partial charge in [-0.05, 0) is 13.0 Å². The van der Waals surface area contributed by atoms with Gasteiger partial charge in [-0.2, -0.15) is 0 Å². The molecule has 0 heterocycles. The lowest BCUT2D eigenvalue weighted by atomic mass is 10.1. The summed E-state index contributed by atoms with van der Waals surface area (Å²) in [4.78, 5) is 14.1. The van der Waals surface area contributed by atoms with Crippen LogP contribution in [-0.4, -0.2) is 17.7 Å². The van der Waals surface area contributed by atoms with E-state index in [4.69, 9.17) is 0 Å². The van der Waals surface area contributed by atoms with Crippen LogP contribution in [0.15, 0.2) is 29.3 Å². The van der Waals surface area contributed by atoms with Gasteiger partial charge in [0.2, 0.25) is 0 Å². The molecule has 0 unspecified atom stereocenters. The molecular formula is C9H10N2O2. The summed E-state index contributed by atoms with van der Waals surface area (Å²) in [5, 5.41) is 10.6. The van der Waals surface area contributed by atoms with Gasteiger partial charge in [0.15, 0.2) is 0 Å². The van der Waals surface area contributed by atoms with Gasteiger partial charge in [0.1, 0.15) is 0 Å². The van der Waals surface area contributed by atoms with E-state index in [0.717, 1.165) is 0 Å². The highest BCUT2D eigenvalue weighted by atomic mass is 16.6. The zero-order valence-electron chi connectivity index (χ0n) is 7.52. The monoisotopic (exact) mass is 178 g/mol. The molecule has 1 aromatic carbocycles. The minimum Gasteiger partial charge on any atom is -0.293 e. The average molecular weight is 178 g/mol. The van der Waals surface area contributed by atoms with Crippen molar-refractivity contribution >= 4 is 11.4 Å². The summed E-state index contributed by atoms with van der Waals surface area (Å²) in [6.07, 6.45) is 0. The van der Waals surface area contributed by atoms with E-state index in [2.05, 4.69) is 4.99 Å². The normalized spacial score (nSPS) is 11.4. The Morgan fingerprint density at radius 1 is 1.46 bits per heavy atom. The minimum atomic E-state index is -0.399. The van der Waals surface area contributed by atoms with Crippen LogP contribution in [0.5, 0.6) is 0 Å². The molecule has 1 rings (SSSR count). The number of benzene rings is 1. The highest BCUT2D eigenvalue weighted by Gasteiger charge is 2.13. The number of hydrogen-bond acceptors (Lipinski definition) is 3. The third-order valence-electron chi connectivity index (χ3n) is 1.83. The van der Waals surface area contributed by atoms with Gasteiger partial charge in [-0.3, -0.25) is 15.1 Å². The highest BCUT2D eigenvalue weighted by Crippen LogP contribution is 2.17. The molecule has 0 fully saturated rings. The van der Waals surface area contributed by atoms with Crippen LogP contribution in [0.1, 0.15) is 12.5 Å². The van der Waals surface area contributed by atoms with Gasteiger partial charge >= 0.3 is 0 Å². The van der Waals surface area contributed by atoms with Crippen molar-refractivity contribution < 1.29 is 4.92 Å². The summed E-state index contributed by atoms with van der Waals surface area (Å²) in [6, 6.07) is 6.58. The lowest BCUT2D eigenvalue weighted by molar-refractivity contribution is -0.385. The number of nitro benzene ring substituents is 1. The van der Waals surface area contributed by atoms with Crippen molar-refractivity contribution in [2.75, 3.05) is 7.05 Å². The number of rotatable bonds is 2. The maximum Gasteiger partial charge on any atom is 0.278 e. The predicted molar refractivity (Wildman–Crippen MR) is 51.2 cm³/mol. The molecule has 0 aromatic heterocycles. The number of nitrogens with zero attached hydrogens (tertiary/aromatic N) is 2. The largest absolute Gasteiger partial charge is 0.293 e. The lowest BCUT2D eigenvalue weighted by Crippen LogP contribution is -2.00. The fraction of sp³-hybridized carbons (Fsp3) is 0.222. The highest BCUT2D eigenvalue weighted by molar-refractivity contribution is 6.02. The summed E-state index contributed by atoms with van der Waals surface area (Å²) in [5.74, 6) is 0. The molecule has 0 amide bonds. The molecule has 0 aliphatic carbocycles. The molecule has 4 heteroatoms. The number of para-hydroxylation sites is 1. The minimum absolute atomic E-state index is 0.102. The lowest BCUT2D eigenvalue weighted by Gasteiger charge is -2.00. The maximum absolute atomic E-state index is 10.6. The molecule has 1 aromatic rings. The van der Waals surface area contributed by atoms with Crippen molar-refractivity contribution in [3.05, 3.63) is 39.9 Å². The van der Waals surface area contributed by atoms with Gasteiger partial charge in [-0.15, -0.1) is 0 Å². The Labute approximate surface area is 76.1 Å². The third-order valence-corrected chi connectivity index (χ3v) is 1.83. The molecule has 0 radical (unpaired) electrons. The van der Waals surface area contributed by atoms with Crippen molar-refractivity contribution in [2.24, 2.45) is 4.99 Å². The van der Waals surface area contributed by atoms with E-state index in [1.165, 1.54) is 6.07 Å². The number of nitro groups is 1. The van der Waals surface area contributed by atoms with Gasteiger partial charge in [0, 0.05) is 18.8 Å². The molecule has 13 heavy (non-hydrogen) atoms. The van der Waals surface area contributed by atoms with Crippen molar-refractivity contribution in [3.63, 3.8) is 0 Å². The molecule has 0 bridgehead atoms. The van der Waals surface area contributed by atoms with Crippen molar-refractivity contribution in [3.8, 4) is 0 Å². The first kappa shape index (κ1) is 9.38. The van der Waals surface area contributed by atoms with Gasteiger partial charge in [0.25, 0.3) is 5.69 Å². The Bertz CT molecular complexity index is 358. The number of aliphatic imine (C=N–C) groups is 1. The van der Waals surface area contributed by atoms with Crippen LogP contribution in [0.3, 0.4) is 0 Å². The molecule has 0 aliphatic heterocycles. The molecule has 0 N–H and O–H groups in total. The molecular weight excluding hydrogens is 168 g/mol. The second kappa shape index (κ2) is 3.80. The van der Waals surface area contributed by atoms with E-state index in [1.54, 1.807) is 32.2 Å². The second-order valence-electron chi connectivity index (χ2n) is 2.58. The fourth-order valence-corrected chi connectivity index (χ4v) is 1.06. The van der Waals surface area contributed by atoms with Crippen molar-refractivity contribution in [2.45, 2.75) is 6.92 Å². The van der Waals surface area contributed by atoms with E-state index in [1.807, 2.05) is 0 Å². The molecule has 0 spiro atoms. The summed E-state index contributed by atoms with van der Waals surface area (Å²) < 4.78 is 0. The zero-order valence-corrected chi connectivity index (χ0v) is 7.52. The van der Waals surface area contributed by atoms with Crippen LogP contribution >= 0.6 is 0 Å². The molecule has 68 valence electrons. The Balaban J connectivity index is 3.28. The van der Waals surface area contributed by atoms with Gasteiger partial charge in [-0.1, -0.05) is 12.1 Å². The molecule has 0 saturated carbocycles. The van der Waals surface area contributed by atoms with Gasteiger partial charge in [-0.25, -0.2) is 0 Å². The first-order valence-corrected chi connectivity index (χ1v) is 3.84. The Kier molecular flexibility index (Phi) is 2.74. The summed E-state index contributed by atoms with van der Waals surface area (Å²) in [7, 11) is 1.62. The molecule has 4 nitrogen and oxygen atoms in total. The first-order valence-electron chi connectivity index (χ1n) is 3.84. The van der Waals surface area contributed by atoms with Crippen LogP contribution in [0.4, 0.5) is 5.69 Å². The Hall–Kier alpha value is -1.71. The Morgan fingerprint density at radius 2 is 2.08 bits per heavy atom. The molecule has 0 aliphatic rings. The second-order valence-corrected chi connectivity index (χ2v) is 2.58. The van der Waals surface area contributed by atoms with E-state index in [-0.39, 0.29) is 5.69 Å². The quantitative estimate of drug-likeness (QED) is 0.395. The average Bonchev–Trinajstić information content (AvgIpc) is 2.16. The molecule has 0 atom stereocenters. The summed E-state index contributed by atoms with van der Waals surface area (Å²) in [6.45, 7) is 1.75. The number of hydrogen-bond donors (Lipinski definition) is 0. The van der Waals surface area contributed by atoms with Crippen LogP contribution in [0.25, 0.3) is 0 Å². The van der Waals surface area contributed by atoms with Gasteiger partial charge in [0.05, 0.1) is 10.5 Å². The van der Waals surface area contributed by atoms with E-state index < -0.39 is 4.92 Å². The predicted octanol–water partition coefficient (Wildman–Crippen LogP) is 2.03. The zero-order chi connectivity index (χ0) is 9.84. The third kappa shape index (κ3) is 1.90. The van der Waals surface area contributed by atoms with Crippen LogP contribution < -0.4 is 0 Å². The van der Waals surface area contributed by atoms with Crippen molar-refractivity contribution in [1.29, 1.82) is 0 Å². The Morgan fingerprint density at radius 3 is 2.62 bits per heavy atom. The van der Waals surface area contributed by atoms with Crippen LogP contribution in [0, 0.1) is 10.1 Å². The molecule has 0 saturated heterocycles. The topological polar surface area (TPSA) is 55.5 Å².